The van der Waals surface area contributed by atoms with Crippen molar-refractivity contribution in [2.24, 2.45) is 0 Å². The topological polar surface area (TPSA) is 122 Å². The molecule has 0 aliphatic heterocycles. The molecule has 0 amide bonds. The second-order valence-corrected chi connectivity index (χ2v) is 6.82. The first-order chi connectivity index (χ1) is 14.5. The van der Waals surface area contributed by atoms with Gasteiger partial charge in [0.1, 0.15) is 17.1 Å². The molecule has 0 saturated heterocycles. The number of nitrogens with zero attached hydrogens (tertiary/aromatic N) is 2. The lowest BCUT2D eigenvalue weighted by Gasteiger charge is -2.17. The average Bonchev–Trinajstić information content (AvgIpc) is 3.27. The third-order valence-electron chi connectivity index (χ3n) is 4.18. The van der Waals surface area contributed by atoms with Gasteiger partial charge in [-0.2, -0.15) is 4.98 Å². The molecule has 0 fully saturated rings. The highest BCUT2D eigenvalue weighted by atomic mass is 79.9. The molecule has 3 N–H and O–H groups in total. The van der Waals surface area contributed by atoms with Gasteiger partial charge in [0.05, 0.1) is 27.1 Å². The minimum Gasteiger partial charge on any atom is -0.493 e. The second-order valence-electron chi connectivity index (χ2n) is 5.97. The second kappa shape index (κ2) is 9.49. The van der Waals surface area contributed by atoms with Crippen LogP contribution in [0.2, 0.25) is 0 Å². The van der Waals surface area contributed by atoms with Crippen LogP contribution in [0.15, 0.2) is 39.4 Å². The van der Waals surface area contributed by atoms with Crippen LogP contribution in [-0.4, -0.2) is 36.8 Å². The number of nitrogens with one attached hydrogen (secondary N) is 1. The number of benzene rings is 1. The molecule has 0 spiro atoms. The number of halogens is 1. The quantitative estimate of drug-likeness (QED) is 0.466. The minimum absolute atomic E-state index is 0.0198. The molecule has 9 nitrogen and oxygen atoms in total. The van der Waals surface area contributed by atoms with Crippen LogP contribution in [0.1, 0.15) is 22.8 Å². The highest BCUT2D eigenvalue weighted by molar-refractivity contribution is 9.10. The maximum Gasteiger partial charge on any atom is 0.344 e. The van der Waals surface area contributed by atoms with Gasteiger partial charge in [-0.25, -0.2) is 9.78 Å². The van der Waals surface area contributed by atoms with Crippen LogP contribution in [0.4, 0.5) is 11.8 Å². The smallest absolute Gasteiger partial charge is 0.344 e. The van der Waals surface area contributed by atoms with Crippen LogP contribution in [0.25, 0.3) is 11.5 Å². The summed E-state index contributed by atoms with van der Waals surface area (Å²) in [5.41, 5.74) is 7.03. The first kappa shape index (κ1) is 21.4. The summed E-state index contributed by atoms with van der Waals surface area (Å²) >= 11 is 3.52. The number of carbonyl (C=O) groups is 1. The number of nitrogens with two attached hydrogens (primary N) is 1. The van der Waals surface area contributed by atoms with Crippen molar-refractivity contribution in [3.8, 4) is 23.0 Å². The molecule has 3 rings (SSSR count). The molecule has 0 radical (unpaired) electrons. The number of rotatable bonds is 8. The lowest BCUT2D eigenvalue weighted by Crippen LogP contribution is -2.16. The highest BCUT2D eigenvalue weighted by Crippen LogP contribution is 2.37. The van der Waals surface area contributed by atoms with Crippen molar-refractivity contribution >= 4 is 33.7 Å². The van der Waals surface area contributed by atoms with Gasteiger partial charge in [-0.1, -0.05) is 15.9 Å². The van der Waals surface area contributed by atoms with E-state index in [9.17, 15) is 4.79 Å². The number of ether oxygens (including phenoxy) is 3. The summed E-state index contributed by atoms with van der Waals surface area (Å²) in [5.74, 6) is 1.09. The zero-order chi connectivity index (χ0) is 21.7. The molecule has 0 bridgehead atoms. The molecule has 3 aromatic rings. The van der Waals surface area contributed by atoms with E-state index < -0.39 is 5.97 Å². The number of furan rings is 1. The van der Waals surface area contributed by atoms with E-state index in [4.69, 9.17) is 24.4 Å². The Bertz CT molecular complexity index is 1040. The fraction of sp³-hybridized carbons (Fsp3) is 0.250. The number of aromatic nitrogens is 2. The number of hydrogen-bond acceptors (Lipinski definition) is 9. The molecular formula is C20H21BrN4O5. The number of nitrogen functional groups attached to an aromatic ring is 1. The third-order valence-corrected chi connectivity index (χ3v) is 4.93. The van der Waals surface area contributed by atoms with Gasteiger partial charge >= 0.3 is 5.97 Å². The molecule has 2 heterocycles. The van der Waals surface area contributed by atoms with E-state index in [1.807, 2.05) is 6.07 Å². The molecule has 0 atom stereocenters. The van der Waals surface area contributed by atoms with Gasteiger partial charge in [0.2, 0.25) is 5.95 Å². The Hall–Kier alpha value is -3.27. The van der Waals surface area contributed by atoms with Crippen LogP contribution in [-0.2, 0) is 11.3 Å². The Morgan fingerprint density at radius 2 is 2.03 bits per heavy atom. The van der Waals surface area contributed by atoms with Gasteiger partial charge in [0.25, 0.3) is 0 Å². The Morgan fingerprint density at radius 3 is 2.67 bits per heavy atom. The molecule has 0 aliphatic rings. The van der Waals surface area contributed by atoms with E-state index >= 15 is 0 Å². The van der Waals surface area contributed by atoms with E-state index in [0.29, 0.717) is 17.3 Å². The number of hydrogen-bond donors (Lipinski definition) is 2. The lowest BCUT2D eigenvalue weighted by atomic mass is 10.1. The first-order valence-corrected chi connectivity index (χ1v) is 9.81. The number of esters is 1. The Balaban J connectivity index is 2.06. The number of anilines is 2. The zero-order valence-corrected chi connectivity index (χ0v) is 18.3. The normalized spacial score (nSPS) is 10.5. The molecule has 1 aromatic carbocycles. The van der Waals surface area contributed by atoms with Crippen molar-refractivity contribution in [1.82, 2.24) is 9.97 Å². The lowest BCUT2D eigenvalue weighted by molar-refractivity contribution is 0.0527. The van der Waals surface area contributed by atoms with Crippen molar-refractivity contribution in [2.75, 3.05) is 31.9 Å². The summed E-state index contributed by atoms with van der Waals surface area (Å²) in [4.78, 5) is 21.1. The summed E-state index contributed by atoms with van der Waals surface area (Å²) in [6.07, 6.45) is 1.48. The van der Waals surface area contributed by atoms with Gasteiger partial charge in [0.15, 0.2) is 17.3 Å². The highest BCUT2D eigenvalue weighted by Gasteiger charge is 2.25. The van der Waals surface area contributed by atoms with Crippen LogP contribution >= 0.6 is 15.9 Å². The summed E-state index contributed by atoms with van der Waals surface area (Å²) in [6, 6.07) is 6.99. The van der Waals surface area contributed by atoms with E-state index in [1.165, 1.54) is 6.26 Å². The summed E-state index contributed by atoms with van der Waals surface area (Å²) in [6.45, 7) is 2.16. The van der Waals surface area contributed by atoms with E-state index in [-0.39, 0.29) is 36.2 Å². The van der Waals surface area contributed by atoms with Gasteiger partial charge in [0, 0.05) is 16.6 Å². The first-order valence-electron chi connectivity index (χ1n) is 9.01. The Labute approximate surface area is 181 Å². The summed E-state index contributed by atoms with van der Waals surface area (Å²) in [7, 11) is 3.11. The van der Waals surface area contributed by atoms with Gasteiger partial charge < -0.3 is 29.7 Å². The van der Waals surface area contributed by atoms with Crippen LogP contribution in [0, 0.1) is 0 Å². The fourth-order valence-electron chi connectivity index (χ4n) is 2.90. The molecule has 10 heteroatoms. The van der Waals surface area contributed by atoms with E-state index in [2.05, 4.69) is 31.2 Å². The molecule has 0 saturated carbocycles. The van der Waals surface area contributed by atoms with E-state index in [0.717, 1.165) is 10.0 Å². The van der Waals surface area contributed by atoms with Crippen molar-refractivity contribution in [1.29, 1.82) is 0 Å². The van der Waals surface area contributed by atoms with Crippen LogP contribution in [0.5, 0.6) is 11.5 Å². The molecule has 30 heavy (non-hydrogen) atoms. The molecular weight excluding hydrogens is 456 g/mol. The van der Waals surface area contributed by atoms with Crippen molar-refractivity contribution < 1.29 is 23.4 Å². The SMILES string of the molecule is CCOC(=O)c1c(NCc2c(Br)ccc(OC)c2OC)nc(N)nc1-c1ccco1. The van der Waals surface area contributed by atoms with E-state index in [1.54, 1.807) is 39.3 Å². The minimum atomic E-state index is -0.594. The average molecular weight is 477 g/mol. The van der Waals surface area contributed by atoms with Crippen LogP contribution < -0.4 is 20.5 Å². The maximum absolute atomic E-state index is 12.7. The van der Waals surface area contributed by atoms with Gasteiger partial charge in [-0.3, -0.25) is 0 Å². The predicted molar refractivity (Wildman–Crippen MR) is 115 cm³/mol. The molecule has 0 unspecified atom stereocenters. The van der Waals surface area contributed by atoms with Gasteiger partial charge in [-0.05, 0) is 31.2 Å². The van der Waals surface area contributed by atoms with Crippen molar-refractivity contribution in [3.63, 3.8) is 0 Å². The number of carbonyl (C=O) groups excluding carboxylic acids is 1. The van der Waals surface area contributed by atoms with Gasteiger partial charge in [-0.15, -0.1) is 0 Å². The Morgan fingerprint density at radius 1 is 1.23 bits per heavy atom. The monoisotopic (exact) mass is 476 g/mol. The Kier molecular flexibility index (Phi) is 6.78. The third kappa shape index (κ3) is 4.33. The summed E-state index contributed by atoms with van der Waals surface area (Å²) in [5, 5.41) is 3.14. The molecule has 0 aliphatic carbocycles. The standard InChI is InChI=1S/C20H21BrN4O5/c1-4-29-19(26)15-16(13-6-5-9-30-13)24-20(22)25-18(15)23-10-11-12(21)7-8-14(27-2)17(11)28-3/h5-9H,4,10H2,1-3H3,(H3,22,23,24,25). The number of methoxy groups -OCH3 is 2. The zero-order valence-electron chi connectivity index (χ0n) is 16.7. The predicted octanol–water partition coefficient (Wildman–Crippen LogP) is 3.89. The fourth-order valence-corrected chi connectivity index (χ4v) is 3.35. The van der Waals surface area contributed by atoms with Crippen molar-refractivity contribution in [2.45, 2.75) is 13.5 Å². The maximum atomic E-state index is 12.7. The summed E-state index contributed by atoms with van der Waals surface area (Å²) < 4.78 is 22.3. The molecule has 158 valence electrons. The van der Waals surface area contributed by atoms with Crippen molar-refractivity contribution in [3.05, 3.63) is 46.1 Å². The van der Waals surface area contributed by atoms with Crippen LogP contribution in [0.3, 0.4) is 0 Å². The largest absolute Gasteiger partial charge is 0.493 e. The molecule has 2 aromatic heterocycles.